The number of benzene rings is 3. The lowest BCUT2D eigenvalue weighted by Gasteiger charge is -2.26. The summed E-state index contributed by atoms with van der Waals surface area (Å²) in [6.45, 7) is -0.302. The highest BCUT2D eigenvalue weighted by Crippen LogP contribution is 2.43. The third-order valence-electron chi connectivity index (χ3n) is 5.04. The Labute approximate surface area is 189 Å². The van der Waals surface area contributed by atoms with Crippen LogP contribution in [0.5, 0.6) is 23.0 Å². The van der Waals surface area contributed by atoms with E-state index in [9.17, 15) is 14.4 Å². The molecule has 3 aromatic carbocycles. The number of methoxy groups -OCH3 is 1. The average Bonchev–Trinajstić information content (AvgIpc) is 2.82. The fourth-order valence-corrected chi connectivity index (χ4v) is 3.47. The second kappa shape index (κ2) is 9.32. The number of nitrogens with zero attached hydrogens (tertiary/aromatic N) is 1. The summed E-state index contributed by atoms with van der Waals surface area (Å²) in [5, 5.41) is 9.60. The highest BCUT2D eigenvalue weighted by molar-refractivity contribution is 5.74. The minimum atomic E-state index is -0.613. The topological polar surface area (TPSA) is 104 Å². The minimum absolute atomic E-state index is 0.0642. The van der Waals surface area contributed by atoms with Crippen molar-refractivity contribution >= 4 is 5.97 Å². The lowest BCUT2D eigenvalue weighted by molar-refractivity contribution is -0.136. The number of nitriles is 1. The summed E-state index contributed by atoms with van der Waals surface area (Å²) >= 11 is 0. The number of carbonyl (C=O) groups is 1. The van der Waals surface area contributed by atoms with Gasteiger partial charge in [0, 0.05) is 11.6 Å². The maximum absolute atomic E-state index is 13.4. The number of allylic oxidation sites excluding steroid dienone is 1. The normalized spacial score (nSPS) is 14.5. The number of esters is 1. The molecule has 0 bridgehead atoms. The maximum atomic E-state index is 13.4. The van der Waals surface area contributed by atoms with Gasteiger partial charge in [0.05, 0.1) is 13.0 Å². The summed E-state index contributed by atoms with van der Waals surface area (Å²) in [6.07, 6.45) is 0. The first-order valence-corrected chi connectivity index (χ1v) is 9.93. The molecule has 0 saturated heterocycles. The number of fused-ring (bicyclic) bond motifs is 1. The van der Waals surface area contributed by atoms with Gasteiger partial charge in [0.2, 0.25) is 5.88 Å². The molecule has 3 aromatic rings. The zero-order valence-corrected chi connectivity index (χ0v) is 17.6. The lowest BCUT2D eigenvalue weighted by atomic mass is 9.83. The largest absolute Gasteiger partial charge is 0.497 e. The van der Waals surface area contributed by atoms with Crippen molar-refractivity contribution in [2.24, 2.45) is 5.73 Å². The van der Waals surface area contributed by atoms with Crippen molar-refractivity contribution < 1.29 is 28.1 Å². The monoisotopic (exact) mass is 446 g/mol. The van der Waals surface area contributed by atoms with E-state index in [1.54, 1.807) is 55.6 Å². The average molecular weight is 446 g/mol. The molecule has 4 rings (SSSR count). The van der Waals surface area contributed by atoms with Crippen LogP contribution in [-0.4, -0.2) is 19.7 Å². The number of hydrogen-bond donors (Lipinski definition) is 1. The predicted molar refractivity (Wildman–Crippen MR) is 116 cm³/mol. The molecule has 0 aliphatic carbocycles. The highest BCUT2D eigenvalue weighted by Gasteiger charge is 2.31. The predicted octanol–water partition coefficient (Wildman–Crippen LogP) is 4.04. The van der Waals surface area contributed by atoms with Gasteiger partial charge in [-0.25, -0.2) is 9.18 Å². The molecular formula is C25H19FN2O5. The molecule has 0 spiro atoms. The summed E-state index contributed by atoms with van der Waals surface area (Å²) in [6, 6.07) is 19.4. The Balaban J connectivity index is 1.51. The van der Waals surface area contributed by atoms with Crippen LogP contribution in [0.15, 0.2) is 78.2 Å². The molecular weight excluding hydrogens is 427 g/mol. The van der Waals surface area contributed by atoms with Gasteiger partial charge in [0.15, 0.2) is 6.61 Å². The lowest BCUT2D eigenvalue weighted by Crippen LogP contribution is -2.21. The van der Waals surface area contributed by atoms with E-state index in [2.05, 4.69) is 6.07 Å². The fourth-order valence-electron chi connectivity index (χ4n) is 3.47. The van der Waals surface area contributed by atoms with E-state index in [1.165, 1.54) is 18.2 Å². The summed E-state index contributed by atoms with van der Waals surface area (Å²) in [7, 11) is 1.56. The van der Waals surface area contributed by atoms with E-state index in [0.717, 1.165) is 0 Å². The van der Waals surface area contributed by atoms with Gasteiger partial charge in [-0.1, -0.05) is 18.2 Å². The molecule has 166 valence electrons. The first-order valence-electron chi connectivity index (χ1n) is 9.93. The van der Waals surface area contributed by atoms with E-state index >= 15 is 0 Å². The molecule has 0 aromatic heterocycles. The Hall–Kier alpha value is -4.51. The molecule has 33 heavy (non-hydrogen) atoms. The third kappa shape index (κ3) is 4.72. The van der Waals surface area contributed by atoms with Crippen LogP contribution in [0.25, 0.3) is 0 Å². The van der Waals surface area contributed by atoms with Crippen LogP contribution in [0.4, 0.5) is 4.39 Å². The van der Waals surface area contributed by atoms with Crippen molar-refractivity contribution in [3.05, 3.63) is 95.1 Å². The van der Waals surface area contributed by atoms with E-state index in [1.807, 2.05) is 0 Å². The number of halogens is 1. The second-order valence-electron chi connectivity index (χ2n) is 7.11. The SMILES string of the molecule is COc1ccc(OCC(=O)Oc2ccc3c(c2)OC(N)=C(C#N)C3c2ccc(F)cc2)cc1. The van der Waals surface area contributed by atoms with Gasteiger partial charge in [0.25, 0.3) is 0 Å². The van der Waals surface area contributed by atoms with Crippen molar-refractivity contribution in [3.63, 3.8) is 0 Å². The highest BCUT2D eigenvalue weighted by atomic mass is 19.1. The minimum Gasteiger partial charge on any atom is -0.497 e. The van der Waals surface area contributed by atoms with E-state index in [-0.39, 0.29) is 29.6 Å². The van der Waals surface area contributed by atoms with Crippen molar-refractivity contribution in [2.45, 2.75) is 5.92 Å². The standard InChI is InChI=1S/C25H19FN2O5/c1-30-17-6-8-18(9-7-17)31-14-23(29)32-19-10-11-20-22(12-19)33-25(28)21(13-27)24(20)15-2-4-16(26)5-3-15/h2-12,24H,14,28H2,1H3. The smallest absolute Gasteiger partial charge is 0.349 e. The zero-order valence-electron chi connectivity index (χ0n) is 17.6. The van der Waals surface area contributed by atoms with Crippen molar-refractivity contribution in [1.29, 1.82) is 5.26 Å². The Morgan fingerprint density at radius 2 is 1.73 bits per heavy atom. The molecule has 0 saturated carbocycles. The fraction of sp³-hybridized carbons (Fsp3) is 0.120. The first kappa shape index (κ1) is 21.7. The van der Waals surface area contributed by atoms with Crippen LogP contribution in [-0.2, 0) is 4.79 Å². The molecule has 2 N–H and O–H groups in total. The molecule has 1 unspecified atom stereocenters. The first-order chi connectivity index (χ1) is 16.0. The Morgan fingerprint density at radius 3 is 2.39 bits per heavy atom. The van der Waals surface area contributed by atoms with Gasteiger partial charge < -0.3 is 24.7 Å². The maximum Gasteiger partial charge on any atom is 0.349 e. The van der Waals surface area contributed by atoms with E-state index < -0.39 is 11.9 Å². The van der Waals surface area contributed by atoms with Crippen LogP contribution in [0.2, 0.25) is 0 Å². The number of nitrogens with two attached hydrogens (primary N) is 1. The quantitative estimate of drug-likeness (QED) is 0.450. The number of carbonyl (C=O) groups excluding carboxylic acids is 1. The Morgan fingerprint density at radius 1 is 1.06 bits per heavy atom. The summed E-state index contributed by atoms with van der Waals surface area (Å²) in [5.74, 6) is 0.119. The van der Waals surface area contributed by atoms with Crippen LogP contribution in [0, 0.1) is 17.1 Å². The van der Waals surface area contributed by atoms with Gasteiger partial charge in [-0.3, -0.25) is 0 Å². The van der Waals surface area contributed by atoms with Gasteiger partial charge in [0.1, 0.15) is 40.5 Å². The summed E-state index contributed by atoms with van der Waals surface area (Å²) < 4.78 is 34.9. The number of hydrogen-bond acceptors (Lipinski definition) is 7. The van der Waals surface area contributed by atoms with Crippen LogP contribution >= 0.6 is 0 Å². The molecule has 1 aliphatic heterocycles. The summed E-state index contributed by atoms with van der Waals surface area (Å²) in [5.41, 5.74) is 7.50. The number of rotatable bonds is 6. The molecule has 1 aliphatic rings. The Bertz CT molecular complexity index is 1250. The second-order valence-corrected chi connectivity index (χ2v) is 7.11. The number of ether oxygens (including phenoxy) is 4. The molecule has 1 heterocycles. The van der Waals surface area contributed by atoms with Gasteiger partial charge >= 0.3 is 5.97 Å². The molecule has 7 nitrogen and oxygen atoms in total. The van der Waals surface area contributed by atoms with Crippen molar-refractivity contribution in [2.75, 3.05) is 13.7 Å². The van der Waals surface area contributed by atoms with E-state index in [4.69, 9.17) is 24.7 Å². The van der Waals surface area contributed by atoms with Crippen LogP contribution < -0.4 is 24.7 Å². The van der Waals surface area contributed by atoms with Gasteiger partial charge in [-0.05, 0) is 48.0 Å². The van der Waals surface area contributed by atoms with Crippen molar-refractivity contribution in [1.82, 2.24) is 0 Å². The molecule has 0 radical (unpaired) electrons. The van der Waals surface area contributed by atoms with Crippen LogP contribution in [0.3, 0.4) is 0 Å². The van der Waals surface area contributed by atoms with Gasteiger partial charge in [-0.2, -0.15) is 5.26 Å². The van der Waals surface area contributed by atoms with Gasteiger partial charge in [-0.15, -0.1) is 0 Å². The Kier molecular flexibility index (Phi) is 6.13. The van der Waals surface area contributed by atoms with Crippen LogP contribution in [0.1, 0.15) is 17.0 Å². The summed E-state index contributed by atoms with van der Waals surface area (Å²) in [4.78, 5) is 12.2. The zero-order chi connectivity index (χ0) is 23.4. The van der Waals surface area contributed by atoms with E-state index in [0.29, 0.717) is 28.4 Å². The molecule has 0 fully saturated rings. The third-order valence-corrected chi connectivity index (χ3v) is 5.04. The molecule has 0 amide bonds. The molecule has 1 atom stereocenters. The van der Waals surface area contributed by atoms with Crippen molar-refractivity contribution in [3.8, 4) is 29.1 Å². The molecule has 8 heteroatoms.